The molecule has 4 nitrogen and oxygen atoms in total. The molecule has 24 heavy (non-hydrogen) atoms. The molecule has 0 unspecified atom stereocenters. The van der Waals surface area contributed by atoms with Gasteiger partial charge in [0.2, 0.25) is 0 Å². The highest BCUT2D eigenvalue weighted by Gasteiger charge is 2.09. The van der Waals surface area contributed by atoms with Gasteiger partial charge in [0.15, 0.2) is 0 Å². The third kappa shape index (κ3) is 2.76. The first kappa shape index (κ1) is 14.8. The molecule has 0 radical (unpaired) electrons. The highest BCUT2D eigenvalue weighted by Crippen LogP contribution is 2.20. The Labute approximate surface area is 141 Å². The number of carbonyl (C=O) groups excluding carboxylic acids is 1. The molecule has 0 atom stereocenters. The van der Waals surface area contributed by atoms with E-state index in [9.17, 15) is 9.18 Å². The zero-order chi connectivity index (χ0) is 16.5. The highest BCUT2D eigenvalue weighted by atomic mass is 32.1. The fourth-order valence-corrected chi connectivity index (χ4v) is 3.48. The zero-order valence-electron chi connectivity index (χ0n) is 12.7. The molecule has 120 valence electrons. The van der Waals surface area contributed by atoms with Gasteiger partial charge in [-0.2, -0.15) is 0 Å². The molecule has 6 heteroatoms. The van der Waals surface area contributed by atoms with Crippen LogP contribution < -0.4 is 5.32 Å². The minimum absolute atomic E-state index is 0.115. The lowest BCUT2D eigenvalue weighted by molar-refractivity contribution is 0.0954. The molecular formula is C18H14FN3OS. The van der Waals surface area contributed by atoms with Gasteiger partial charge in [0.1, 0.15) is 5.82 Å². The maximum atomic E-state index is 13.4. The Bertz CT molecular complexity index is 1040. The van der Waals surface area contributed by atoms with Crippen LogP contribution in [0.2, 0.25) is 0 Å². The predicted octanol–water partition coefficient (Wildman–Crippen LogP) is 3.89. The quantitative estimate of drug-likeness (QED) is 0.593. The summed E-state index contributed by atoms with van der Waals surface area (Å²) in [6, 6.07) is 10.1. The van der Waals surface area contributed by atoms with Gasteiger partial charge in [-0.3, -0.25) is 4.79 Å². The van der Waals surface area contributed by atoms with E-state index in [2.05, 4.69) is 15.3 Å². The van der Waals surface area contributed by atoms with E-state index < -0.39 is 0 Å². The summed E-state index contributed by atoms with van der Waals surface area (Å²) in [5, 5.41) is 3.77. The molecule has 2 N–H and O–H groups in total. The smallest absolute Gasteiger partial charge is 0.251 e. The van der Waals surface area contributed by atoms with Crippen molar-refractivity contribution in [3.05, 3.63) is 65.0 Å². The summed E-state index contributed by atoms with van der Waals surface area (Å²) in [4.78, 5) is 19.6. The molecule has 4 rings (SSSR count). The van der Waals surface area contributed by atoms with Crippen LogP contribution in [0.4, 0.5) is 4.39 Å². The van der Waals surface area contributed by atoms with Crippen molar-refractivity contribution in [2.75, 3.05) is 6.54 Å². The van der Waals surface area contributed by atoms with Crippen molar-refractivity contribution in [2.24, 2.45) is 0 Å². The van der Waals surface area contributed by atoms with Crippen molar-refractivity contribution in [3.8, 4) is 0 Å². The second kappa shape index (κ2) is 6.05. The standard InChI is InChI=1S/C18H14FN3OS/c19-13-2-4-15-14(8-13)12(9-21-15)5-6-20-18(23)11-1-3-16-17(7-11)24-10-22-16/h1-4,7-10,21H,5-6H2,(H,20,23). The third-order valence-electron chi connectivity index (χ3n) is 4.00. The second-order valence-corrected chi connectivity index (χ2v) is 6.43. The normalized spacial score (nSPS) is 11.2. The Kier molecular flexibility index (Phi) is 3.74. The van der Waals surface area contributed by atoms with Gasteiger partial charge >= 0.3 is 0 Å². The summed E-state index contributed by atoms with van der Waals surface area (Å²) in [5.41, 5.74) is 5.17. The van der Waals surface area contributed by atoms with Crippen molar-refractivity contribution in [3.63, 3.8) is 0 Å². The van der Waals surface area contributed by atoms with Crippen LogP contribution >= 0.6 is 11.3 Å². The fraction of sp³-hybridized carbons (Fsp3) is 0.111. The first-order valence-corrected chi connectivity index (χ1v) is 8.45. The van der Waals surface area contributed by atoms with E-state index in [1.807, 2.05) is 18.3 Å². The number of fused-ring (bicyclic) bond motifs is 2. The van der Waals surface area contributed by atoms with Crippen LogP contribution in [-0.2, 0) is 6.42 Å². The molecular weight excluding hydrogens is 325 g/mol. The van der Waals surface area contributed by atoms with Gasteiger partial charge in [0.05, 0.1) is 15.7 Å². The number of amides is 1. The Morgan fingerprint density at radius 2 is 2.17 bits per heavy atom. The number of aromatic nitrogens is 2. The first-order chi connectivity index (χ1) is 11.7. The second-order valence-electron chi connectivity index (χ2n) is 5.54. The van der Waals surface area contributed by atoms with Crippen LogP contribution in [-0.4, -0.2) is 22.4 Å². The number of hydrogen-bond donors (Lipinski definition) is 2. The van der Waals surface area contributed by atoms with E-state index in [0.717, 1.165) is 26.7 Å². The molecule has 0 bridgehead atoms. The van der Waals surface area contributed by atoms with Gasteiger partial charge in [-0.05, 0) is 48.4 Å². The Hall–Kier alpha value is -2.73. The number of benzene rings is 2. The SMILES string of the molecule is O=C(NCCc1c[nH]c2ccc(F)cc12)c1ccc2ncsc2c1. The van der Waals surface area contributed by atoms with Crippen LogP contribution in [0, 0.1) is 5.82 Å². The van der Waals surface area contributed by atoms with Crippen LogP contribution in [0.15, 0.2) is 48.1 Å². The minimum atomic E-state index is -0.259. The molecule has 2 heterocycles. The van der Waals surface area contributed by atoms with Crippen LogP contribution in [0.25, 0.3) is 21.1 Å². The molecule has 0 aliphatic heterocycles. The summed E-state index contributed by atoms with van der Waals surface area (Å²) in [6.45, 7) is 0.489. The van der Waals surface area contributed by atoms with E-state index in [-0.39, 0.29) is 11.7 Å². The number of hydrogen-bond acceptors (Lipinski definition) is 3. The molecule has 2 aromatic carbocycles. The maximum Gasteiger partial charge on any atom is 0.251 e. The van der Waals surface area contributed by atoms with Crippen LogP contribution in [0.1, 0.15) is 15.9 Å². The topological polar surface area (TPSA) is 57.8 Å². The number of nitrogens with zero attached hydrogens (tertiary/aromatic N) is 1. The number of H-pyrrole nitrogens is 1. The Morgan fingerprint density at radius 1 is 1.25 bits per heavy atom. The van der Waals surface area contributed by atoms with E-state index in [1.165, 1.54) is 23.5 Å². The third-order valence-corrected chi connectivity index (χ3v) is 4.79. The van der Waals surface area contributed by atoms with Crippen molar-refractivity contribution in [1.82, 2.24) is 15.3 Å². The molecule has 2 aromatic heterocycles. The number of nitrogens with one attached hydrogen (secondary N) is 2. The van der Waals surface area contributed by atoms with E-state index in [1.54, 1.807) is 17.6 Å². The number of carbonyl (C=O) groups is 1. The van der Waals surface area contributed by atoms with Gasteiger partial charge in [-0.15, -0.1) is 11.3 Å². The van der Waals surface area contributed by atoms with Gasteiger partial charge in [0, 0.05) is 29.2 Å². The van der Waals surface area contributed by atoms with E-state index in [0.29, 0.717) is 18.5 Å². The van der Waals surface area contributed by atoms with E-state index >= 15 is 0 Å². The number of aromatic amines is 1. The summed E-state index contributed by atoms with van der Waals surface area (Å²) in [6.07, 6.45) is 2.50. The molecule has 0 fully saturated rings. The fourth-order valence-electron chi connectivity index (χ4n) is 2.77. The molecule has 4 aromatic rings. The summed E-state index contributed by atoms with van der Waals surface area (Å²) < 4.78 is 14.4. The Morgan fingerprint density at radius 3 is 3.08 bits per heavy atom. The van der Waals surface area contributed by atoms with Crippen LogP contribution in [0.5, 0.6) is 0 Å². The lowest BCUT2D eigenvalue weighted by atomic mass is 10.1. The number of rotatable bonds is 4. The molecule has 0 saturated carbocycles. The summed E-state index contributed by atoms with van der Waals surface area (Å²) in [7, 11) is 0. The highest BCUT2D eigenvalue weighted by molar-refractivity contribution is 7.16. The van der Waals surface area contributed by atoms with Gasteiger partial charge in [-0.1, -0.05) is 0 Å². The number of halogens is 1. The van der Waals surface area contributed by atoms with Gasteiger partial charge < -0.3 is 10.3 Å². The van der Waals surface area contributed by atoms with Crippen molar-refractivity contribution in [1.29, 1.82) is 0 Å². The monoisotopic (exact) mass is 339 g/mol. The number of thiazole rings is 1. The average molecular weight is 339 g/mol. The Balaban J connectivity index is 1.44. The zero-order valence-corrected chi connectivity index (χ0v) is 13.5. The van der Waals surface area contributed by atoms with Gasteiger partial charge in [0.25, 0.3) is 5.91 Å². The average Bonchev–Trinajstić information content (AvgIpc) is 3.20. The van der Waals surface area contributed by atoms with Gasteiger partial charge in [-0.25, -0.2) is 9.37 Å². The lowest BCUT2D eigenvalue weighted by Gasteiger charge is -2.05. The van der Waals surface area contributed by atoms with Crippen molar-refractivity contribution in [2.45, 2.75) is 6.42 Å². The first-order valence-electron chi connectivity index (χ1n) is 7.58. The lowest BCUT2D eigenvalue weighted by Crippen LogP contribution is -2.25. The van der Waals surface area contributed by atoms with Crippen LogP contribution in [0.3, 0.4) is 0 Å². The summed E-state index contributed by atoms with van der Waals surface area (Å²) >= 11 is 1.51. The van der Waals surface area contributed by atoms with E-state index in [4.69, 9.17) is 0 Å². The molecule has 0 spiro atoms. The van der Waals surface area contributed by atoms with Crippen molar-refractivity contribution >= 4 is 38.4 Å². The molecule has 0 aliphatic rings. The predicted molar refractivity (Wildman–Crippen MR) is 93.9 cm³/mol. The molecule has 0 aliphatic carbocycles. The molecule has 1 amide bonds. The summed E-state index contributed by atoms with van der Waals surface area (Å²) in [5.74, 6) is -0.374. The molecule has 0 saturated heterocycles. The minimum Gasteiger partial charge on any atom is -0.361 e. The largest absolute Gasteiger partial charge is 0.361 e. The maximum absolute atomic E-state index is 13.4. The van der Waals surface area contributed by atoms with Crippen molar-refractivity contribution < 1.29 is 9.18 Å².